The summed E-state index contributed by atoms with van der Waals surface area (Å²) in [6, 6.07) is 0. The molecule has 0 heterocycles. The van der Waals surface area contributed by atoms with Crippen molar-refractivity contribution in [1.82, 2.24) is 0 Å². The van der Waals surface area contributed by atoms with E-state index in [-0.39, 0.29) is 64.8 Å². The van der Waals surface area contributed by atoms with Crippen LogP contribution >= 0.6 is 7.92 Å². The van der Waals surface area contributed by atoms with E-state index in [1.165, 1.54) is 19.3 Å². The molecular weight excluding hydrogens is 250 g/mol. The van der Waals surface area contributed by atoms with Gasteiger partial charge in [0, 0.05) is 13.9 Å². The van der Waals surface area contributed by atoms with Crippen molar-refractivity contribution >= 4 is 13.9 Å². The Morgan fingerprint density at radius 1 is 1.00 bits per heavy atom. The van der Waals surface area contributed by atoms with Gasteiger partial charge in [0.1, 0.15) is 0 Å². The van der Waals surface area contributed by atoms with Crippen LogP contribution in [0.3, 0.4) is 0 Å². The Kier molecular flexibility index (Phi) is 35.5. The van der Waals surface area contributed by atoms with Crippen LogP contribution < -0.4 is 56.5 Å². The standard InChI is InChI=1S/C9H21P.C2H4O2.K.H2O/c1-4-7-10(8-5-2)9-6-3;1-2(3)4;;/h4-9H2,1-3H3;1H3,(H,3,4);;1H2/q;;+1;/p-1. The number of carboxylic acids is 1. The Morgan fingerprint density at radius 2 is 1.19 bits per heavy atom. The molecule has 0 unspecified atom stereocenters. The van der Waals surface area contributed by atoms with Crippen molar-refractivity contribution in [1.29, 1.82) is 0 Å². The Bertz CT molecular complexity index is 116. The van der Waals surface area contributed by atoms with Gasteiger partial charge in [0.05, 0.1) is 18.5 Å². The van der Waals surface area contributed by atoms with E-state index in [0.717, 1.165) is 6.92 Å². The van der Waals surface area contributed by atoms with Crippen LogP contribution in [0, 0.1) is 0 Å². The molecule has 0 aliphatic carbocycles. The molecule has 0 spiro atoms. The molecular formula is C11H26KO3P. The van der Waals surface area contributed by atoms with Crippen LogP contribution in [0.5, 0.6) is 0 Å². The van der Waals surface area contributed by atoms with Gasteiger partial charge >= 0.3 is 51.4 Å². The minimum atomic E-state index is -1.08. The van der Waals surface area contributed by atoms with E-state index >= 15 is 0 Å². The molecule has 0 bridgehead atoms. The molecule has 3 nitrogen and oxygen atoms in total. The van der Waals surface area contributed by atoms with Gasteiger partial charge in [-0.1, -0.05) is 20.8 Å². The number of hydrogen-bond donors (Lipinski definition) is 0. The summed E-state index contributed by atoms with van der Waals surface area (Å²) in [7, 11) is 0.103. The molecule has 0 aliphatic heterocycles. The molecule has 0 atom stereocenters. The molecule has 5 heteroatoms. The van der Waals surface area contributed by atoms with Crippen molar-refractivity contribution in [2.45, 2.75) is 47.0 Å². The first-order valence-corrected chi connectivity index (χ1v) is 7.71. The minimum absolute atomic E-state index is 0. The van der Waals surface area contributed by atoms with Crippen molar-refractivity contribution in [2.75, 3.05) is 18.5 Å². The Labute approximate surface area is 144 Å². The van der Waals surface area contributed by atoms with Crippen LogP contribution in [0.1, 0.15) is 47.0 Å². The van der Waals surface area contributed by atoms with Crippen LogP contribution in [-0.4, -0.2) is 29.9 Å². The number of hydrogen-bond acceptors (Lipinski definition) is 3. The van der Waals surface area contributed by atoms with Gasteiger partial charge in [-0.15, -0.1) is 0 Å². The van der Waals surface area contributed by atoms with E-state index in [2.05, 4.69) is 20.8 Å². The fraction of sp³-hybridized carbons (Fsp3) is 0.909. The largest absolute Gasteiger partial charge is 1.00 e. The maximum atomic E-state index is 8.89. The molecule has 0 saturated carbocycles. The van der Waals surface area contributed by atoms with Crippen molar-refractivity contribution in [3.8, 4) is 0 Å². The normalized spacial score (nSPS) is 8.31. The van der Waals surface area contributed by atoms with E-state index in [1.807, 2.05) is 0 Å². The van der Waals surface area contributed by atoms with Gasteiger partial charge in [-0.25, -0.2) is 0 Å². The van der Waals surface area contributed by atoms with Crippen LogP contribution in [-0.2, 0) is 4.79 Å². The van der Waals surface area contributed by atoms with E-state index in [9.17, 15) is 0 Å². The van der Waals surface area contributed by atoms with E-state index in [0.29, 0.717) is 0 Å². The summed E-state index contributed by atoms with van der Waals surface area (Å²) >= 11 is 0. The molecule has 0 aliphatic rings. The molecule has 0 aromatic carbocycles. The van der Waals surface area contributed by atoms with Gasteiger partial charge in [-0.2, -0.15) is 0 Å². The second-order valence-corrected chi connectivity index (χ2v) is 6.49. The first-order chi connectivity index (χ1) is 6.58. The quantitative estimate of drug-likeness (QED) is 0.462. The molecule has 0 amide bonds. The molecule has 0 aromatic rings. The maximum absolute atomic E-state index is 8.89. The van der Waals surface area contributed by atoms with Crippen molar-refractivity contribution in [2.24, 2.45) is 0 Å². The molecule has 16 heavy (non-hydrogen) atoms. The summed E-state index contributed by atoms with van der Waals surface area (Å²) in [6.07, 6.45) is 8.88. The third-order valence-electron chi connectivity index (χ3n) is 1.81. The zero-order valence-electron chi connectivity index (χ0n) is 11.5. The molecule has 0 aromatic heterocycles. The average molecular weight is 276 g/mol. The van der Waals surface area contributed by atoms with Gasteiger partial charge in [-0.05, 0) is 26.2 Å². The fourth-order valence-electron chi connectivity index (χ4n) is 1.44. The zero-order valence-corrected chi connectivity index (χ0v) is 15.6. The topological polar surface area (TPSA) is 70.1 Å². The summed E-state index contributed by atoms with van der Waals surface area (Å²) in [5, 5.41) is 8.89. The van der Waals surface area contributed by atoms with E-state index in [1.54, 1.807) is 18.5 Å². The predicted molar refractivity (Wildman–Crippen MR) is 66.4 cm³/mol. The molecule has 0 radical (unpaired) electrons. The number of carboxylic acid groups (broad SMARTS) is 1. The summed E-state index contributed by atoms with van der Waals surface area (Å²) in [5.41, 5.74) is 0. The monoisotopic (exact) mass is 276 g/mol. The first kappa shape index (κ1) is 26.1. The summed E-state index contributed by atoms with van der Waals surface area (Å²) in [4.78, 5) is 8.89. The first-order valence-electron chi connectivity index (χ1n) is 5.59. The molecule has 0 saturated heterocycles. The van der Waals surface area contributed by atoms with Gasteiger partial charge in [0.2, 0.25) is 0 Å². The third-order valence-corrected chi connectivity index (χ3v) is 5.43. The van der Waals surface area contributed by atoms with Crippen LogP contribution in [0.2, 0.25) is 0 Å². The van der Waals surface area contributed by atoms with Gasteiger partial charge < -0.3 is 15.4 Å². The number of aliphatic carboxylic acids is 1. The third kappa shape index (κ3) is 29.6. The number of rotatable bonds is 6. The Morgan fingerprint density at radius 3 is 1.31 bits per heavy atom. The molecule has 1 N–H and O–H groups in total. The molecule has 94 valence electrons. The second-order valence-electron chi connectivity index (χ2n) is 3.49. The summed E-state index contributed by atoms with van der Waals surface area (Å²) < 4.78 is 0. The second kappa shape index (κ2) is 21.7. The average Bonchev–Trinajstić information content (AvgIpc) is 2.04. The van der Waals surface area contributed by atoms with Crippen LogP contribution in [0.4, 0.5) is 0 Å². The van der Waals surface area contributed by atoms with Gasteiger partial charge in [-0.3, -0.25) is 0 Å². The van der Waals surface area contributed by atoms with Crippen molar-refractivity contribution in [3.63, 3.8) is 0 Å². The van der Waals surface area contributed by atoms with Gasteiger partial charge in [0.15, 0.2) is 0 Å². The maximum Gasteiger partial charge on any atom is 1.00 e. The minimum Gasteiger partial charge on any atom is -0.870 e. The Hall–Kier alpha value is 1.50. The van der Waals surface area contributed by atoms with E-state index in [4.69, 9.17) is 9.90 Å². The smallest absolute Gasteiger partial charge is 0.870 e. The van der Waals surface area contributed by atoms with Crippen molar-refractivity contribution < 1.29 is 66.8 Å². The summed E-state index contributed by atoms with van der Waals surface area (Å²) in [5.74, 6) is -1.08. The van der Waals surface area contributed by atoms with Crippen LogP contribution in [0.15, 0.2) is 0 Å². The molecule has 0 fully saturated rings. The number of carbonyl (C=O) groups is 1. The van der Waals surface area contributed by atoms with Crippen LogP contribution in [0.25, 0.3) is 0 Å². The SMILES string of the molecule is CC(=O)[O-].CCC[PH+](CCC)CCC.[K+].[OH-]. The summed E-state index contributed by atoms with van der Waals surface area (Å²) in [6.45, 7) is 7.92. The molecule has 0 rings (SSSR count). The van der Waals surface area contributed by atoms with Gasteiger partial charge in [0.25, 0.3) is 0 Å². The predicted octanol–water partition coefficient (Wildman–Crippen LogP) is -0.986. The van der Waals surface area contributed by atoms with E-state index < -0.39 is 5.97 Å². The fourth-order valence-corrected chi connectivity index (χ4v) is 4.31. The van der Waals surface area contributed by atoms with Crippen molar-refractivity contribution in [3.05, 3.63) is 0 Å². The zero-order chi connectivity index (χ0) is 11.4. The number of carbonyl (C=O) groups excluding carboxylic acids is 1. The Balaban J connectivity index is -0.000000105.